The van der Waals surface area contributed by atoms with Gasteiger partial charge in [-0.25, -0.2) is 26.4 Å². The molecule has 44 heavy (non-hydrogen) atoms. The molecule has 0 aromatic heterocycles. The number of hydrogen-bond donors (Lipinski definition) is 2. The SMILES string of the molecule is COc1cc(-c2ccc(N(C(N)=O)S(=O)(=O)c3ccc(C)cc3)c(OC)c2)ccc1N(C(N)=O)S(=O)(=O)c1ccc(C)cc1. The van der Waals surface area contributed by atoms with Crippen LogP contribution in [0.15, 0.2) is 94.7 Å². The number of ether oxygens (including phenoxy) is 2. The zero-order chi connectivity index (χ0) is 32.4. The molecule has 0 aliphatic rings. The molecule has 0 saturated carbocycles. The number of methoxy groups -OCH3 is 2. The summed E-state index contributed by atoms with van der Waals surface area (Å²) in [4.78, 5) is 24.6. The van der Waals surface area contributed by atoms with Gasteiger partial charge in [-0.15, -0.1) is 0 Å². The first-order chi connectivity index (χ1) is 20.7. The molecule has 0 heterocycles. The maximum Gasteiger partial charge on any atom is 0.333 e. The molecular formula is C30H30N4O8S2. The van der Waals surface area contributed by atoms with Crippen LogP contribution in [-0.2, 0) is 20.0 Å². The van der Waals surface area contributed by atoms with E-state index >= 15 is 0 Å². The van der Waals surface area contributed by atoms with Gasteiger partial charge < -0.3 is 20.9 Å². The minimum absolute atomic E-state index is 0.000686. The largest absolute Gasteiger partial charge is 0.495 e. The summed E-state index contributed by atoms with van der Waals surface area (Å²) in [6.07, 6.45) is 0. The molecule has 0 bridgehead atoms. The topological polar surface area (TPSA) is 179 Å². The summed E-state index contributed by atoms with van der Waals surface area (Å²) in [7, 11) is -6.21. The summed E-state index contributed by atoms with van der Waals surface area (Å²) >= 11 is 0. The van der Waals surface area contributed by atoms with E-state index < -0.39 is 32.1 Å². The normalized spacial score (nSPS) is 11.5. The van der Waals surface area contributed by atoms with Gasteiger partial charge in [-0.05, 0) is 73.5 Å². The Labute approximate surface area is 255 Å². The van der Waals surface area contributed by atoms with Crippen LogP contribution in [0.2, 0.25) is 0 Å². The molecule has 0 fully saturated rings. The van der Waals surface area contributed by atoms with Gasteiger partial charge in [-0.1, -0.05) is 47.5 Å². The molecule has 0 spiro atoms. The van der Waals surface area contributed by atoms with Crippen LogP contribution in [0.4, 0.5) is 21.0 Å². The fraction of sp³-hybridized carbons (Fsp3) is 0.133. The van der Waals surface area contributed by atoms with Crippen molar-refractivity contribution in [3.8, 4) is 22.6 Å². The van der Waals surface area contributed by atoms with E-state index in [-0.39, 0.29) is 32.7 Å². The Morgan fingerprint density at radius 2 is 0.886 bits per heavy atom. The summed E-state index contributed by atoms with van der Waals surface area (Å²) in [5.41, 5.74) is 13.4. The lowest BCUT2D eigenvalue weighted by molar-refractivity contribution is 0.255. The molecule has 4 N–H and O–H groups in total. The lowest BCUT2D eigenvalue weighted by atomic mass is 10.0. The summed E-state index contributed by atoms with van der Waals surface area (Å²) in [6, 6.07) is 18.0. The van der Waals surface area contributed by atoms with Crippen LogP contribution in [-0.4, -0.2) is 43.1 Å². The van der Waals surface area contributed by atoms with E-state index in [1.165, 1.54) is 74.9 Å². The second-order valence-corrected chi connectivity index (χ2v) is 13.2. The predicted octanol–water partition coefficient (Wildman–Crippen LogP) is 4.54. The number of nitrogens with zero attached hydrogens (tertiary/aromatic N) is 2. The Morgan fingerprint density at radius 1 is 0.568 bits per heavy atom. The number of anilines is 2. The number of hydrogen-bond acceptors (Lipinski definition) is 8. The molecule has 4 rings (SSSR count). The van der Waals surface area contributed by atoms with Crippen molar-refractivity contribution >= 4 is 43.5 Å². The monoisotopic (exact) mass is 638 g/mol. The number of primary amides is 2. The smallest absolute Gasteiger partial charge is 0.333 e. The summed E-state index contributed by atoms with van der Waals surface area (Å²) in [6.45, 7) is 3.58. The molecule has 0 aliphatic heterocycles. The van der Waals surface area contributed by atoms with E-state index in [9.17, 15) is 26.4 Å². The number of aryl methyl sites for hydroxylation is 2. The van der Waals surface area contributed by atoms with Crippen LogP contribution < -0.4 is 29.6 Å². The Bertz CT molecular complexity index is 1800. The van der Waals surface area contributed by atoms with Crippen molar-refractivity contribution in [3.05, 3.63) is 96.1 Å². The van der Waals surface area contributed by atoms with Crippen LogP contribution in [0.1, 0.15) is 11.1 Å². The van der Waals surface area contributed by atoms with Gasteiger partial charge in [0.15, 0.2) is 0 Å². The van der Waals surface area contributed by atoms with Crippen molar-refractivity contribution in [3.63, 3.8) is 0 Å². The Hall–Kier alpha value is -5.08. The number of sulfonamides is 2. The first-order valence-corrected chi connectivity index (χ1v) is 15.8. The van der Waals surface area contributed by atoms with E-state index in [1.54, 1.807) is 38.1 Å². The molecule has 12 nitrogen and oxygen atoms in total. The van der Waals surface area contributed by atoms with Crippen LogP contribution in [0.25, 0.3) is 11.1 Å². The third-order valence-corrected chi connectivity index (χ3v) is 10.1. The maximum atomic E-state index is 13.4. The number of urea groups is 2. The minimum Gasteiger partial charge on any atom is -0.495 e. The lowest BCUT2D eigenvalue weighted by Crippen LogP contribution is -2.41. The molecule has 230 valence electrons. The van der Waals surface area contributed by atoms with Gasteiger partial charge in [0.05, 0.1) is 24.0 Å². The summed E-state index contributed by atoms with van der Waals surface area (Å²) in [5, 5.41) is 0. The highest BCUT2D eigenvalue weighted by atomic mass is 32.2. The van der Waals surface area contributed by atoms with Gasteiger partial charge in [0, 0.05) is 0 Å². The number of nitrogens with two attached hydrogens (primary N) is 2. The van der Waals surface area contributed by atoms with E-state index in [1.807, 2.05) is 0 Å². The first kappa shape index (κ1) is 31.8. The predicted molar refractivity (Wildman–Crippen MR) is 166 cm³/mol. The van der Waals surface area contributed by atoms with E-state index in [4.69, 9.17) is 20.9 Å². The van der Waals surface area contributed by atoms with Crippen molar-refractivity contribution in [2.24, 2.45) is 11.5 Å². The average molecular weight is 639 g/mol. The molecule has 0 unspecified atom stereocenters. The van der Waals surface area contributed by atoms with E-state index in [0.717, 1.165) is 11.1 Å². The number of carbonyl (C=O) groups is 2. The third kappa shape index (κ3) is 6.02. The van der Waals surface area contributed by atoms with Crippen LogP contribution in [0.3, 0.4) is 0 Å². The van der Waals surface area contributed by atoms with Crippen LogP contribution in [0.5, 0.6) is 11.5 Å². The Kier molecular flexibility index (Phi) is 8.88. The van der Waals surface area contributed by atoms with Gasteiger partial charge in [-0.2, -0.15) is 8.61 Å². The van der Waals surface area contributed by atoms with Crippen molar-refractivity contribution in [2.45, 2.75) is 23.6 Å². The van der Waals surface area contributed by atoms with Gasteiger partial charge in [0.25, 0.3) is 20.0 Å². The summed E-state index contributed by atoms with van der Waals surface area (Å²) in [5.74, 6) is 0.00137. The van der Waals surface area contributed by atoms with Crippen LogP contribution >= 0.6 is 0 Å². The second-order valence-electron chi connectivity index (χ2n) is 9.61. The van der Waals surface area contributed by atoms with E-state index in [2.05, 4.69) is 0 Å². The lowest BCUT2D eigenvalue weighted by Gasteiger charge is -2.24. The average Bonchev–Trinajstić information content (AvgIpc) is 2.97. The number of amides is 4. The van der Waals surface area contributed by atoms with Gasteiger partial charge in [-0.3, -0.25) is 0 Å². The molecule has 0 saturated heterocycles. The number of rotatable bonds is 9. The molecule has 0 aliphatic carbocycles. The van der Waals surface area contributed by atoms with Gasteiger partial charge in [0.2, 0.25) is 0 Å². The standard InChI is InChI=1S/C30H30N4O8S2/c1-19-5-11-23(12-6-19)43(37,38)33(29(31)35)25-15-9-21(17-27(25)41-3)22-10-16-26(28(18-22)42-4)34(30(32)36)44(39,40)24-13-7-20(2)8-14-24/h5-18H,1-4H3,(H2,31,35)(H2,32,36). The molecule has 0 atom stereocenters. The highest BCUT2D eigenvalue weighted by molar-refractivity contribution is 7.94. The Balaban J connectivity index is 1.78. The van der Waals surface area contributed by atoms with E-state index in [0.29, 0.717) is 19.7 Å². The molecule has 14 heteroatoms. The molecular weight excluding hydrogens is 608 g/mol. The zero-order valence-electron chi connectivity index (χ0n) is 24.2. The van der Waals surface area contributed by atoms with Gasteiger partial charge >= 0.3 is 12.1 Å². The van der Waals surface area contributed by atoms with Crippen molar-refractivity contribution in [2.75, 3.05) is 22.8 Å². The quantitative estimate of drug-likeness (QED) is 0.268. The molecule has 4 aromatic rings. The Morgan fingerprint density at radius 3 is 1.16 bits per heavy atom. The van der Waals surface area contributed by atoms with Gasteiger partial charge in [0.1, 0.15) is 22.9 Å². The second kappa shape index (κ2) is 12.3. The van der Waals surface area contributed by atoms with Crippen molar-refractivity contribution < 1.29 is 35.9 Å². The molecule has 4 aromatic carbocycles. The molecule has 4 amide bonds. The fourth-order valence-corrected chi connectivity index (χ4v) is 7.09. The van der Waals surface area contributed by atoms with Crippen LogP contribution in [0, 0.1) is 13.8 Å². The highest BCUT2D eigenvalue weighted by Gasteiger charge is 2.33. The summed E-state index contributed by atoms with van der Waals surface area (Å²) < 4.78 is 65.4. The minimum atomic E-state index is -4.40. The highest BCUT2D eigenvalue weighted by Crippen LogP contribution is 2.40. The van der Waals surface area contributed by atoms with Crippen molar-refractivity contribution in [1.29, 1.82) is 0 Å². The molecule has 0 radical (unpaired) electrons. The number of benzene rings is 4. The zero-order valence-corrected chi connectivity index (χ0v) is 25.8. The fourth-order valence-electron chi connectivity index (χ4n) is 4.41. The van der Waals surface area contributed by atoms with Crippen molar-refractivity contribution in [1.82, 2.24) is 0 Å². The first-order valence-electron chi connectivity index (χ1n) is 12.9. The third-order valence-electron chi connectivity index (χ3n) is 6.65. The maximum absolute atomic E-state index is 13.4. The number of carbonyl (C=O) groups excluding carboxylic acids is 2.